The van der Waals surface area contributed by atoms with Crippen LogP contribution in [0.3, 0.4) is 0 Å². The van der Waals surface area contributed by atoms with Gasteiger partial charge in [-0.1, -0.05) is 91.0 Å². The van der Waals surface area contributed by atoms with Crippen molar-refractivity contribution in [2.45, 2.75) is 25.0 Å². The van der Waals surface area contributed by atoms with E-state index in [0.29, 0.717) is 13.0 Å². The molecule has 0 N–H and O–H groups in total. The first-order valence-electron chi connectivity index (χ1n) is 10.4. The molecule has 3 aromatic carbocycles. The standard InChI is InChI=1S/C26H25NO4/c28-25(27-23(18-31-26(27)29)16-20-10-4-1-5-11-20)24(22-14-8-3-9-15-22)19-30-17-21-12-6-2-7-13-21/h1-15,23-24H,16-19H2/t23-,24-/m0/s1. The lowest BCUT2D eigenvalue weighted by Gasteiger charge is -2.25. The van der Waals surface area contributed by atoms with Gasteiger partial charge in [-0.25, -0.2) is 9.69 Å². The fourth-order valence-electron chi connectivity index (χ4n) is 3.80. The van der Waals surface area contributed by atoms with Crippen LogP contribution in [-0.4, -0.2) is 36.2 Å². The lowest BCUT2D eigenvalue weighted by molar-refractivity contribution is -0.132. The normalized spacial score (nSPS) is 16.7. The molecule has 2 atom stereocenters. The second kappa shape index (κ2) is 10.0. The summed E-state index contributed by atoms with van der Waals surface area (Å²) in [6.07, 6.45) is -0.0278. The Bertz CT molecular complexity index is 992. The molecule has 5 nitrogen and oxygen atoms in total. The van der Waals surface area contributed by atoms with Crippen LogP contribution >= 0.6 is 0 Å². The van der Waals surface area contributed by atoms with Gasteiger partial charge in [0, 0.05) is 0 Å². The molecule has 1 aliphatic rings. The van der Waals surface area contributed by atoms with E-state index in [4.69, 9.17) is 9.47 Å². The van der Waals surface area contributed by atoms with Gasteiger partial charge < -0.3 is 9.47 Å². The van der Waals surface area contributed by atoms with Crippen molar-refractivity contribution in [2.75, 3.05) is 13.2 Å². The molecule has 0 saturated carbocycles. The molecular weight excluding hydrogens is 390 g/mol. The van der Waals surface area contributed by atoms with Crippen molar-refractivity contribution in [3.63, 3.8) is 0 Å². The number of carbonyl (C=O) groups excluding carboxylic acids is 2. The summed E-state index contributed by atoms with van der Waals surface area (Å²) in [7, 11) is 0. The molecule has 158 valence electrons. The van der Waals surface area contributed by atoms with E-state index in [1.165, 1.54) is 4.90 Å². The number of imide groups is 1. The van der Waals surface area contributed by atoms with Crippen molar-refractivity contribution in [1.29, 1.82) is 0 Å². The second-order valence-corrected chi connectivity index (χ2v) is 7.59. The van der Waals surface area contributed by atoms with E-state index in [1.54, 1.807) is 0 Å². The Hall–Kier alpha value is -3.44. The summed E-state index contributed by atoms with van der Waals surface area (Å²) < 4.78 is 11.2. The second-order valence-electron chi connectivity index (χ2n) is 7.59. The summed E-state index contributed by atoms with van der Waals surface area (Å²) in [5.41, 5.74) is 2.91. The van der Waals surface area contributed by atoms with E-state index in [9.17, 15) is 9.59 Å². The number of benzene rings is 3. The van der Waals surface area contributed by atoms with Gasteiger partial charge in [0.1, 0.15) is 6.61 Å². The zero-order chi connectivity index (χ0) is 21.5. The molecule has 2 amide bonds. The fourth-order valence-corrected chi connectivity index (χ4v) is 3.80. The van der Waals surface area contributed by atoms with E-state index >= 15 is 0 Å². The Balaban J connectivity index is 1.51. The van der Waals surface area contributed by atoms with Gasteiger partial charge in [0.15, 0.2) is 0 Å². The van der Waals surface area contributed by atoms with Crippen LogP contribution < -0.4 is 0 Å². The van der Waals surface area contributed by atoms with Crippen LogP contribution in [-0.2, 0) is 27.3 Å². The molecular formula is C26H25NO4. The molecule has 0 unspecified atom stereocenters. The molecule has 0 aliphatic carbocycles. The first-order valence-corrected chi connectivity index (χ1v) is 10.4. The molecule has 0 spiro atoms. The van der Waals surface area contributed by atoms with Crippen LogP contribution in [0.1, 0.15) is 22.6 Å². The number of amides is 2. The third kappa shape index (κ3) is 5.19. The summed E-state index contributed by atoms with van der Waals surface area (Å²) >= 11 is 0. The average Bonchev–Trinajstić information content (AvgIpc) is 3.18. The first kappa shape index (κ1) is 20.8. The van der Waals surface area contributed by atoms with E-state index in [1.807, 2.05) is 91.0 Å². The number of cyclic esters (lactones) is 1. The summed E-state index contributed by atoms with van der Waals surface area (Å²) in [4.78, 5) is 27.3. The quantitative estimate of drug-likeness (QED) is 0.541. The molecule has 31 heavy (non-hydrogen) atoms. The Labute approximate surface area is 182 Å². The molecule has 1 fully saturated rings. The van der Waals surface area contributed by atoms with Crippen LogP contribution in [0.2, 0.25) is 0 Å². The summed E-state index contributed by atoms with van der Waals surface area (Å²) in [5, 5.41) is 0. The number of rotatable bonds is 8. The van der Waals surface area contributed by atoms with E-state index in [2.05, 4.69) is 0 Å². The van der Waals surface area contributed by atoms with E-state index < -0.39 is 12.0 Å². The topological polar surface area (TPSA) is 55.8 Å². The summed E-state index contributed by atoms with van der Waals surface area (Å²) in [6, 6.07) is 28.8. The highest BCUT2D eigenvalue weighted by atomic mass is 16.6. The van der Waals surface area contributed by atoms with Crippen molar-refractivity contribution < 1.29 is 19.1 Å². The van der Waals surface area contributed by atoms with Crippen molar-refractivity contribution in [2.24, 2.45) is 0 Å². The van der Waals surface area contributed by atoms with Crippen LogP contribution in [0.5, 0.6) is 0 Å². The minimum Gasteiger partial charge on any atom is -0.447 e. The smallest absolute Gasteiger partial charge is 0.417 e. The third-order valence-corrected chi connectivity index (χ3v) is 5.41. The SMILES string of the molecule is O=C1OC[C@H](Cc2ccccc2)N1C(=O)[C@@H](COCc1ccccc1)c1ccccc1. The predicted octanol–water partition coefficient (Wildman–Crippen LogP) is 4.58. The van der Waals surface area contributed by atoms with Gasteiger partial charge in [0.25, 0.3) is 0 Å². The minimum atomic E-state index is -0.589. The molecule has 0 bridgehead atoms. The maximum atomic E-state index is 13.5. The highest BCUT2D eigenvalue weighted by molar-refractivity contribution is 5.97. The van der Waals surface area contributed by atoms with Crippen molar-refractivity contribution in [3.05, 3.63) is 108 Å². The fraction of sp³-hybridized carbons (Fsp3) is 0.231. The van der Waals surface area contributed by atoms with Crippen molar-refractivity contribution in [1.82, 2.24) is 4.90 Å². The maximum absolute atomic E-state index is 13.5. The highest BCUT2D eigenvalue weighted by Crippen LogP contribution is 2.26. The van der Waals surface area contributed by atoms with Crippen LogP contribution in [0.4, 0.5) is 4.79 Å². The zero-order valence-corrected chi connectivity index (χ0v) is 17.2. The molecule has 1 heterocycles. The van der Waals surface area contributed by atoms with Crippen molar-refractivity contribution in [3.8, 4) is 0 Å². The van der Waals surface area contributed by atoms with E-state index in [-0.39, 0.29) is 25.2 Å². The average molecular weight is 415 g/mol. The molecule has 5 heteroatoms. The van der Waals surface area contributed by atoms with Gasteiger partial charge >= 0.3 is 6.09 Å². The first-order chi connectivity index (χ1) is 15.2. The third-order valence-electron chi connectivity index (χ3n) is 5.41. The number of carbonyl (C=O) groups is 2. The predicted molar refractivity (Wildman–Crippen MR) is 117 cm³/mol. The molecule has 1 saturated heterocycles. The van der Waals surface area contributed by atoms with Gasteiger partial charge in [-0.3, -0.25) is 4.79 Å². The molecule has 3 aromatic rings. The van der Waals surface area contributed by atoms with Crippen LogP contribution in [0.25, 0.3) is 0 Å². The van der Waals surface area contributed by atoms with Gasteiger partial charge in [-0.15, -0.1) is 0 Å². The minimum absolute atomic E-state index is 0.180. The maximum Gasteiger partial charge on any atom is 0.417 e. The summed E-state index contributed by atoms with van der Waals surface area (Å²) in [5.74, 6) is -0.878. The Morgan fingerprint density at radius 1 is 0.903 bits per heavy atom. The van der Waals surface area contributed by atoms with E-state index in [0.717, 1.165) is 16.7 Å². The molecule has 0 radical (unpaired) electrons. The summed E-state index contributed by atoms with van der Waals surface area (Å²) in [6.45, 7) is 0.779. The van der Waals surface area contributed by atoms with Crippen LogP contribution in [0, 0.1) is 0 Å². The molecule has 0 aromatic heterocycles. The number of ether oxygens (including phenoxy) is 2. The lowest BCUT2D eigenvalue weighted by atomic mass is 9.97. The molecule has 4 rings (SSSR count). The van der Waals surface area contributed by atoms with Gasteiger partial charge in [-0.2, -0.15) is 0 Å². The number of hydrogen-bond donors (Lipinski definition) is 0. The van der Waals surface area contributed by atoms with Crippen LogP contribution in [0.15, 0.2) is 91.0 Å². The van der Waals surface area contributed by atoms with Gasteiger partial charge in [0.05, 0.1) is 25.2 Å². The molecule has 1 aliphatic heterocycles. The number of nitrogens with zero attached hydrogens (tertiary/aromatic N) is 1. The Kier molecular flexibility index (Phi) is 6.75. The van der Waals surface area contributed by atoms with Crippen molar-refractivity contribution >= 4 is 12.0 Å². The monoisotopic (exact) mass is 415 g/mol. The largest absolute Gasteiger partial charge is 0.447 e. The zero-order valence-electron chi connectivity index (χ0n) is 17.2. The Morgan fingerprint density at radius 2 is 1.48 bits per heavy atom. The van der Waals surface area contributed by atoms with Gasteiger partial charge in [-0.05, 0) is 23.1 Å². The Morgan fingerprint density at radius 3 is 2.13 bits per heavy atom. The highest BCUT2D eigenvalue weighted by Gasteiger charge is 2.41. The number of hydrogen-bond acceptors (Lipinski definition) is 4. The lowest BCUT2D eigenvalue weighted by Crippen LogP contribution is -2.43. The van der Waals surface area contributed by atoms with Gasteiger partial charge in [0.2, 0.25) is 5.91 Å².